The Labute approximate surface area is 210 Å². The van der Waals surface area contributed by atoms with Gasteiger partial charge in [0.2, 0.25) is 5.88 Å². The van der Waals surface area contributed by atoms with E-state index < -0.39 is 32.1 Å². The van der Waals surface area contributed by atoms with E-state index in [1.165, 1.54) is 32.4 Å². The van der Waals surface area contributed by atoms with Crippen molar-refractivity contribution in [1.29, 1.82) is 0 Å². The number of nitro groups is 1. The lowest BCUT2D eigenvalue weighted by Crippen LogP contribution is -2.21. The normalized spacial score (nSPS) is 11.5. The van der Waals surface area contributed by atoms with Gasteiger partial charge in [0.1, 0.15) is 0 Å². The molecule has 0 atom stereocenters. The number of methoxy groups -OCH3 is 2. The predicted molar refractivity (Wildman–Crippen MR) is 135 cm³/mol. The number of ether oxygens (including phenoxy) is 2. The molecule has 12 nitrogen and oxygen atoms in total. The zero-order chi connectivity index (χ0) is 26.7. The van der Waals surface area contributed by atoms with Crippen molar-refractivity contribution in [2.45, 2.75) is 4.90 Å². The van der Waals surface area contributed by atoms with E-state index in [0.29, 0.717) is 16.9 Å². The molecule has 0 saturated heterocycles. The van der Waals surface area contributed by atoms with E-state index in [4.69, 9.17) is 9.47 Å². The quantitative estimate of drug-likeness (QED) is 0.202. The number of hydrogen-bond acceptors (Lipinski definition) is 9. The van der Waals surface area contributed by atoms with E-state index in [0.717, 1.165) is 22.9 Å². The molecule has 4 aromatic rings. The SMILES string of the molecule is COc1ccc(-n2c(O)c(/C=N/NS(=O)(=O)c3cccc([N+](=O)[O-])c3)c3ccccc3c2=O)cc1OC. The zero-order valence-electron chi connectivity index (χ0n) is 19.5. The minimum absolute atomic E-state index is 0.0479. The number of benzene rings is 3. The second-order valence-electron chi connectivity index (χ2n) is 7.57. The maximum absolute atomic E-state index is 13.3. The summed E-state index contributed by atoms with van der Waals surface area (Å²) in [6.45, 7) is 0. The van der Waals surface area contributed by atoms with Crippen molar-refractivity contribution >= 4 is 32.7 Å². The number of aromatic nitrogens is 1. The summed E-state index contributed by atoms with van der Waals surface area (Å²) in [7, 11) is -1.39. The van der Waals surface area contributed by atoms with E-state index in [1.54, 1.807) is 36.4 Å². The third-order valence-electron chi connectivity index (χ3n) is 5.43. The Bertz CT molecular complexity index is 1710. The number of non-ortho nitro benzene ring substituents is 1. The largest absolute Gasteiger partial charge is 0.494 e. The smallest absolute Gasteiger partial charge is 0.276 e. The minimum Gasteiger partial charge on any atom is -0.494 e. The van der Waals surface area contributed by atoms with E-state index in [2.05, 4.69) is 5.10 Å². The summed E-state index contributed by atoms with van der Waals surface area (Å²) in [5, 5.41) is 26.4. The average molecular weight is 525 g/mol. The van der Waals surface area contributed by atoms with Gasteiger partial charge in [-0.25, -0.2) is 9.40 Å². The van der Waals surface area contributed by atoms with Crippen LogP contribution < -0.4 is 19.9 Å². The van der Waals surface area contributed by atoms with E-state index in [-0.39, 0.29) is 21.5 Å². The molecule has 13 heteroatoms. The summed E-state index contributed by atoms with van der Waals surface area (Å²) in [6.07, 6.45) is 1.04. The number of nitro benzene ring substituents is 1. The molecule has 2 N–H and O–H groups in total. The fourth-order valence-electron chi connectivity index (χ4n) is 3.67. The fraction of sp³-hybridized carbons (Fsp3) is 0.0833. The molecular weight excluding hydrogens is 504 g/mol. The molecule has 0 unspecified atom stereocenters. The maximum atomic E-state index is 13.3. The lowest BCUT2D eigenvalue weighted by Gasteiger charge is -2.15. The van der Waals surface area contributed by atoms with E-state index in [1.807, 2.05) is 4.83 Å². The first-order valence-electron chi connectivity index (χ1n) is 10.6. The topological polar surface area (TPSA) is 162 Å². The summed E-state index contributed by atoms with van der Waals surface area (Å²) in [4.78, 5) is 25.1. The van der Waals surface area contributed by atoms with E-state index in [9.17, 15) is 28.4 Å². The molecule has 1 heterocycles. The van der Waals surface area contributed by atoms with Crippen LogP contribution in [0.25, 0.3) is 16.5 Å². The van der Waals surface area contributed by atoms with Crippen molar-refractivity contribution in [2.75, 3.05) is 14.2 Å². The molecule has 0 saturated carbocycles. The van der Waals surface area contributed by atoms with Crippen LogP contribution in [0, 0.1) is 10.1 Å². The van der Waals surface area contributed by atoms with Gasteiger partial charge >= 0.3 is 0 Å². The van der Waals surface area contributed by atoms with Gasteiger partial charge in [-0.1, -0.05) is 24.3 Å². The standard InChI is InChI=1S/C24H20N4O8S/c1-35-21-11-10-15(13-22(21)36-2)27-23(29)19-9-4-3-8-18(19)20(24(27)30)14-25-26-37(33,34)17-7-5-6-16(12-17)28(31)32/h3-14,26,30H,1-2H3/b25-14+. The zero-order valence-corrected chi connectivity index (χ0v) is 20.3. The van der Waals surface area contributed by atoms with Crippen molar-refractivity contribution < 1.29 is 27.9 Å². The van der Waals surface area contributed by atoms with Crippen LogP contribution in [0.3, 0.4) is 0 Å². The number of nitrogens with one attached hydrogen (secondary N) is 1. The Morgan fingerprint density at radius 3 is 2.38 bits per heavy atom. The number of pyridine rings is 1. The summed E-state index contributed by atoms with van der Waals surface area (Å²) >= 11 is 0. The number of nitrogens with zero attached hydrogens (tertiary/aromatic N) is 3. The predicted octanol–water partition coefficient (Wildman–Crippen LogP) is 2.93. The molecule has 37 heavy (non-hydrogen) atoms. The first-order chi connectivity index (χ1) is 17.7. The molecule has 0 aliphatic heterocycles. The Balaban J connectivity index is 1.81. The van der Waals surface area contributed by atoms with Gasteiger partial charge in [0, 0.05) is 29.0 Å². The molecule has 0 amide bonds. The number of hydrazone groups is 1. The molecule has 0 spiro atoms. The Hall–Kier alpha value is -4.91. The summed E-state index contributed by atoms with van der Waals surface area (Å²) in [6, 6.07) is 15.5. The van der Waals surface area contributed by atoms with Crippen LogP contribution in [0.15, 0.2) is 81.5 Å². The van der Waals surface area contributed by atoms with Gasteiger partial charge in [0.05, 0.1) is 41.5 Å². The molecular formula is C24H20N4O8S. The van der Waals surface area contributed by atoms with Crippen LogP contribution in [0.1, 0.15) is 5.56 Å². The van der Waals surface area contributed by atoms with Gasteiger partial charge in [-0.2, -0.15) is 13.5 Å². The number of sulfonamides is 1. The van der Waals surface area contributed by atoms with Crippen LogP contribution >= 0.6 is 0 Å². The first-order valence-corrected chi connectivity index (χ1v) is 12.0. The average Bonchev–Trinajstić information content (AvgIpc) is 2.90. The van der Waals surface area contributed by atoms with Gasteiger partial charge < -0.3 is 14.6 Å². The third kappa shape index (κ3) is 4.79. The van der Waals surface area contributed by atoms with Crippen LogP contribution in [0.4, 0.5) is 5.69 Å². The van der Waals surface area contributed by atoms with Gasteiger partial charge in [-0.3, -0.25) is 14.9 Å². The van der Waals surface area contributed by atoms with Gasteiger partial charge in [-0.05, 0) is 24.3 Å². The highest BCUT2D eigenvalue weighted by Crippen LogP contribution is 2.32. The van der Waals surface area contributed by atoms with Crippen molar-refractivity contribution in [3.63, 3.8) is 0 Å². The van der Waals surface area contributed by atoms with Crippen LogP contribution in [-0.2, 0) is 10.0 Å². The maximum Gasteiger partial charge on any atom is 0.276 e. The van der Waals surface area contributed by atoms with Crippen LogP contribution in [0.5, 0.6) is 17.4 Å². The first kappa shape index (κ1) is 25.2. The summed E-state index contributed by atoms with van der Waals surface area (Å²) in [5.74, 6) is 0.227. The van der Waals surface area contributed by atoms with Crippen LogP contribution in [-0.4, -0.2) is 43.4 Å². The van der Waals surface area contributed by atoms with E-state index >= 15 is 0 Å². The highest BCUT2D eigenvalue weighted by Gasteiger charge is 2.19. The third-order valence-corrected chi connectivity index (χ3v) is 6.65. The van der Waals surface area contributed by atoms with Gasteiger partial charge in [0.25, 0.3) is 21.3 Å². The molecule has 4 rings (SSSR count). The molecule has 0 aliphatic carbocycles. The molecule has 0 fully saturated rings. The van der Waals surface area contributed by atoms with Crippen molar-refractivity contribution in [3.05, 3.63) is 92.8 Å². The number of aromatic hydroxyl groups is 1. The Morgan fingerprint density at radius 1 is 1.00 bits per heavy atom. The highest BCUT2D eigenvalue weighted by molar-refractivity contribution is 7.89. The fourth-order valence-corrected chi connectivity index (χ4v) is 4.50. The Morgan fingerprint density at radius 2 is 1.70 bits per heavy atom. The molecule has 190 valence electrons. The summed E-state index contributed by atoms with van der Waals surface area (Å²) < 4.78 is 36.8. The highest BCUT2D eigenvalue weighted by atomic mass is 32.2. The monoisotopic (exact) mass is 524 g/mol. The van der Waals surface area contributed by atoms with Crippen molar-refractivity contribution in [2.24, 2.45) is 5.10 Å². The van der Waals surface area contributed by atoms with Gasteiger partial charge in [-0.15, -0.1) is 0 Å². The lowest BCUT2D eigenvalue weighted by atomic mass is 10.1. The summed E-state index contributed by atoms with van der Waals surface area (Å²) in [5.41, 5.74) is -0.628. The van der Waals surface area contributed by atoms with Crippen molar-refractivity contribution in [1.82, 2.24) is 9.40 Å². The lowest BCUT2D eigenvalue weighted by molar-refractivity contribution is -0.385. The van der Waals surface area contributed by atoms with Gasteiger partial charge in [0.15, 0.2) is 11.5 Å². The van der Waals surface area contributed by atoms with Crippen LogP contribution in [0.2, 0.25) is 0 Å². The molecule has 0 radical (unpaired) electrons. The second kappa shape index (κ2) is 9.99. The second-order valence-corrected chi connectivity index (χ2v) is 9.23. The van der Waals surface area contributed by atoms with Crippen molar-refractivity contribution in [3.8, 4) is 23.1 Å². The number of hydrogen-bond donors (Lipinski definition) is 2. The molecule has 3 aromatic carbocycles. The molecule has 1 aromatic heterocycles. The molecule has 0 bridgehead atoms. The number of fused-ring (bicyclic) bond motifs is 1. The minimum atomic E-state index is -4.27. The molecule has 0 aliphatic rings. The Kier molecular flexibility index (Phi) is 6.80. The number of rotatable bonds is 8.